The first kappa shape index (κ1) is 18.9. The Kier molecular flexibility index (Phi) is 5.78. The maximum absolute atomic E-state index is 11.7. The first-order valence-corrected chi connectivity index (χ1v) is 8.70. The van der Waals surface area contributed by atoms with E-state index in [1.807, 2.05) is 12.1 Å². The Bertz CT molecular complexity index is 985. The molecule has 1 aromatic heterocycles. The normalized spacial score (nSPS) is 10.7. The van der Waals surface area contributed by atoms with Gasteiger partial charge in [0.1, 0.15) is 5.69 Å². The molecule has 0 saturated carbocycles. The summed E-state index contributed by atoms with van der Waals surface area (Å²) in [4.78, 5) is 22.1. The minimum atomic E-state index is -1.16. The van der Waals surface area contributed by atoms with Crippen LogP contribution < -0.4 is 5.32 Å². The van der Waals surface area contributed by atoms with E-state index in [1.165, 1.54) is 7.11 Å². The third-order valence-corrected chi connectivity index (χ3v) is 4.10. The molecule has 0 unspecified atom stereocenters. The van der Waals surface area contributed by atoms with E-state index < -0.39 is 16.7 Å². The highest BCUT2D eigenvalue weighted by molar-refractivity contribution is 6.54. The number of nitrogens with one attached hydrogen (secondary N) is 1. The Labute approximate surface area is 165 Å². The van der Waals surface area contributed by atoms with Crippen molar-refractivity contribution in [1.82, 2.24) is 5.16 Å². The average Bonchev–Trinajstić information content (AvgIpc) is 3.18. The lowest BCUT2D eigenvalue weighted by Gasteiger charge is -2.06. The molecule has 1 N–H and O–H groups in total. The molecule has 0 spiro atoms. The molecule has 0 aliphatic carbocycles. The highest BCUT2D eigenvalue weighted by Gasteiger charge is 2.14. The Morgan fingerprint density at radius 1 is 1.07 bits per heavy atom. The van der Waals surface area contributed by atoms with Gasteiger partial charge in [0.05, 0.1) is 12.7 Å². The third kappa shape index (κ3) is 4.48. The minimum absolute atomic E-state index is 0.418. The zero-order valence-corrected chi connectivity index (χ0v) is 15.6. The molecule has 27 heavy (non-hydrogen) atoms. The van der Waals surface area contributed by atoms with Crippen molar-refractivity contribution < 1.29 is 18.8 Å². The topological polar surface area (TPSA) is 81.4 Å². The summed E-state index contributed by atoms with van der Waals surface area (Å²) < 4.78 is 10.1. The molecule has 6 nitrogen and oxygen atoms in total. The standard InChI is InChI=1S/C19H14Cl2N2O4/c1-26-19(25)13-6-2-4-11(8-13)15-10-16(27-23-15)12-5-3-7-14(9-12)22-18(24)17(20)21/h2-10,17H,1H3,(H,22,24). The van der Waals surface area contributed by atoms with Crippen LogP contribution in [0.5, 0.6) is 0 Å². The van der Waals surface area contributed by atoms with Crippen molar-refractivity contribution >= 4 is 40.8 Å². The van der Waals surface area contributed by atoms with Gasteiger partial charge in [-0.3, -0.25) is 4.79 Å². The van der Waals surface area contributed by atoms with Gasteiger partial charge in [0, 0.05) is 22.9 Å². The van der Waals surface area contributed by atoms with Crippen molar-refractivity contribution in [2.75, 3.05) is 12.4 Å². The van der Waals surface area contributed by atoms with Crippen molar-refractivity contribution in [3.8, 4) is 22.6 Å². The monoisotopic (exact) mass is 404 g/mol. The maximum Gasteiger partial charge on any atom is 0.337 e. The van der Waals surface area contributed by atoms with Gasteiger partial charge in [-0.25, -0.2) is 4.79 Å². The number of ether oxygens (including phenoxy) is 1. The molecular formula is C19H14Cl2N2O4. The quantitative estimate of drug-likeness (QED) is 0.498. The van der Waals surface area contributed by atoms with Gasteiger partial charge in [-0.2, -0.15) is 0 Å². The molecule has 0 atom stereocenters. The van der Waals surface area contributed by atoms with Crippen molar-refractivity contribution in [2.45, 2.75) is 4.84 Å². The number of aromatic nitrogens is 1. The van der Waals surface area contributed by atoms with E-state index in [9.17, 15) is 9.59 Å². The van der Waals surface area contributed by atoms with Crippen molar-refractivity contribution in [3.05, 3.63) is 60.2 Å². The summed E-state index contributed by atoms with van der Waals surface area (Å²) in [7, 11) is 1.33. The van der Waals surface area contributed by atoms with Gasteiger partial charge in [-0.15, -0.1) is 0 Å². The summed E-state index contributed by atoms with van der Waals surface area (Å²) in [6.07, 6.45) is 0. The molecule has 0 aliphatic rings. The van der Waals surface area contributed by atoms with Gasteiger partial charge < -0.3 is 14.6 Å². The van der Waals surface area contributed by atoms with Gasteiger partial charge >= 0.3 is 5.97 Å². The minimum Gasteiger partial charge on any atom is -0.465 e. The van der Waals surface area contributed by atoms with Crippen LogP contribution in [0, 0.1) is 0 Å². The smallest absolute Gasteiger partial charge is 0.337 e. The summed E-state index contributed by atoms with van der Waals surface area (Å²) in [5.41, 5.74) is 2.92. The number of anilines is 1. The van der Waals surface area contributed by atoms with Crippen LogP contribution in [-0.2, 0) is 9.53 Å². The molecule has 138 valence electrons. The lowest BCUT2D eigenvalue weighted by atomic mass is 10.1. The van der Waals surface area contributed by atoms with Crippen LogP contribution in [0.25, 0.3) is 22.6 Å². The van der Waals surface area contributed by atoms with Crippen LogP contribution in [0.1, 0.15) is 10.4 Å². The summed E-state index contributed by atoms with van der Waals surface area (Å²) in [5, 5.41) is 6.65. The van der Waals surface area contributed by atoms with Crippen molar-refractivity contribution in [3.63, 3.8) is 0 Å². The second-order valence-electron chi connectivity index (χ2n) is 5.52. The van der Waals surface area contributed by atoms with E-state index in [4.69, 9.17) is 32.5 Å². The summed E-state index contributed by atoms with van der Waals surface area (Å²) in [6.45, 7) is 0. The van der Waals surface area contributed by atoms with Gasteiger partial charge in [-0.1, -0.05) is 52.6 Å². The van der Waals surface area contributed by atoms with Crippen molar-refractivity contribution in [1.29, 1.82) is 0 Å². The van der Waals surface area contributed by atoms with Gasteiger partial charge in [-0.05, 0) is 24.3 Å². The summed E-state index contributed by atoms with van der Waals surface area (Å²) in [6, 6.07) is 15.6. The Hall–Kier alpha value is -2.83. The van der Waals surface area contributed by atoms with Crippen LogP contribution in [-0.4, -0.2) is 29.0 Å². The molecule has 2 aromatic carbocycles. The largest absolute Gasteiger partial charge is 0.465 e. The number of rotatable bonds is 5. The molecule has 3 rings (SSSR count). The van der Waals surface area contributed by atoms with Gasteiger partial charge in [0.2, 0.25) is 0 Å². The number of halogens is 2. The predicted octanol–water partition coefficient (Wildman–Crippen LogP) is 4.54. The maximum atomic E-state index is 11.7. The third-order valence-electron chi connectivity index (χ3n) is 3.70. The lowest BCUT2D eigenvalue weighted by molar-refractivity contribution is -0.114. The zero-order valence-electron chi connectivity index (χ0n) is 14.1. The van der Waals surface area contributed by atoms with Crippen LogP contribution in [0.15, 0.2) is 59.1 Å². The number of amides is 1. The van der Waals surface area contributed by atoms with E-state index in [1.54, 1.807) is 42.5 Å². The highest BCUT2D eigenvalue weighted by atomic mass is 35.5. The number of methoxy groups -OCH3 is 1. The number of carbonyl (C=O) groups is 2. The Morgan fingerprint density at radius 3 is 2.56 bits per heavy atom. The first-order valence-electron chi connectivity index (χ1n) is 7.83. The van der Waals surface area contributed by atoms with E-state index in [-0.39, 0.29) is 0 Å². The molecule has 0 aliphatic heterocycles. The number of carbonyl (C=O) groups excluding carboxylic acids is 2. The van der Waals surface area contributed by atoms with Gasteiger partial charge in [0.15, 0.2) is 10.6 Å². The lowest BCUT2D eigenvalue weighted by Crippen LogP contribution is -2.18. The van der Waals surface area contributed by atoms with Crippen molar-refractivity contribution in [2.24, 2.45) is 0 Å². The molecule has 0 bridgehead atoms. The van der Waals surface area contributed by atoms with Crippen LogP contribution in [0.3, 0.4) is 0 Å². The highest BCUT2D eigenvalue weighted by Crippen LogP contribution is 2.28. The molecule has 0 saturated heterocycles. The summed E-state index contributed by atoms with van der Waals surface area (Å²) in [5.74, 6) is -0.452. The predicted molar refractivity (Wildman–Crippen MR) is 103 cm³/mol. The molecule has 0 radical (unpaired) electrons. The van der Waals surface area contributed by atoms with Crippen LogP contribution in [0.4, 0.5) is 5.69 Å². The molecule has 1 amide bonds. The van der Waals surface area contributed by atoms with E-state index >= 15 is 0 Å². The first-order chi connectivity index (χ1) is 13.0. The SMILES string of the molecule is COC(=O)c1cccc(-c2cc(-c3cccc(NC(=O)C(Cl)Cl)c3)on2)c1. The second-order valence-corrected chi connectivity index (χ2v) is 6.62. The van der Waals surface area contributed by atoms with E-state index in [0.29, 0.717) is 33.8 Å². The number of hydrogen-bond acceptors (Lipinski definition) is 5. The van der Waals surface area contributed by atoms with Gasteiger partial charge in [0.25, 0.3) is 5.91 Å². The number of nitrogens with zero attached hydrogens (tertiary/aromatic N) is 1. The fourth-order valence-corrected chi connectivity index (χ4v) is 2.53. The van der Waals surface area contributed by atoms with E-state index in [0.717, 1.165) is 0 Å². The number of benzene rings is 2. The molecular weight excluding hydrogens is 391 g/mol. The fourth-order valence-electron chi connectivity index (χ4n) is 2.42. The number of esters is 1. The molecule has 3 aromatic rings. The number of hydrogen-bond donors (Lipinski definition) is 1. The van der Waals surface area contributed by atoms with E-state index in [2.05, 4.69) is 10.5 Å². The molecule has 8 heteroatoms. The molecule has 1 heterocycles. The number of alkyl halides is 2. The summed E-state index contributed by atoms with van der Waals surface area (Å²) >= 11 is 11.1. The Balaban J connectivity index is 1.86. The zero-order chi connectivity index (χ0) is 19.4. The molecule has 0 fully saturated rings. The second kappa shape index (κ2) is 8.24. The van der Waals surface area contributed by atoms with Crippen LogP contribution in [0.2, 0.25) is 0 Å². The Morgan fingerprint density at radius 2 is 1.81 bits per heavy atom. The fraction of sp³-hybridized carbons (Fsp3) is 0.105. The van der Waals surface area contributed by atoms with Crippen LogP contribution >= 0.6 is 23.2 Å². The average molecular weight is 405 g/mol.